The van der Waals surface area contributed by atoms with Crippen LogP contribution >= 0.6 is 0 Å². The Labute approximate surface area is 338 Å². The summed E-state index contributed by atoms with van der Waals surface area (Å²) in [5, 5.41) is 2.49. The molecule has 5 heteroatoms. The molecule has 4 aliphatic rings. The second kappa shape index (κ2) is 11.1. The number of nitrogens with zero attached hydrogens (tertiary/aromatic N) is 3. The number of aryl methyl sites for hydroxylation is 2. The summed E-state index contributed by atoms with van der Waals surface area (Å²) in [6.07, 6.45) is 0. The molecule has 0 saturated carbocycles. The average molecular weight is 744 g/mol. The van der Waals surface area contributed by atoms with E-state index in [0.29, 0.717) is 0 Å². The first-order valence-corrected chi connectivity index (χ1v) is 20.4. The van der Waals surface area contributed by atoms with Crippen LogP contribution in [-0.4, -0.2) is 11.4 Å². The van der Waals surface area contributed by atoms with Crippen LogP contribution in [0.25, 0.3) is 49.7 Å². The van der Waals surface area contributed by atoms with Gasteiger partial charge in [0, 0.05) is 38.8 Å². The number of hydrogen-bond acceptors (Lipinski definition) is 3. The Morgan fingerprint density at radius 1 is 0.517 bits per heavy atom. The Balaban J connectivity index is 1.24. The molecule has 0 fully saturated rings. The van der Waals surface area contributed by atoms with Crippen LogP contribution in [0, 0.1) is 13.8 Å². The van der Waals surface area contributed by atoms with Gasteiger partial charge in [-0.15, -0.1) is 0 Å². The molecule has 0 bridgehead atoms. The highest BCUT2D eigenvalue weighted by Crippen LogP contribution is 2.57. The largest absolute Gasteiger partial charge is 0.453 e. The van der Waals surface area contributed by atoms with Gasteiger partial charge in [0.05, 0.1) is 28.1 Å². The maximum atomic E-state index is 6.61. The number of ether oxygens (including phenoxy) is 1. The number of aromatic nitrogens is 1. The van der Waals surface area contributed by atoms with Crippen molar-refractivity contribution in [3.8, 4) is 39.4 Å². The monoisotopic (exact) mass is 743 g/mol. The first-order chi connectivity index (χ1) is 28.4. The van der Waals surface area contributed by atoms with E-state index in [0.717, 1.165) is 28.6 Å². The molecule has 13 rings (SSSR count). The van der Waals surface area contributed by atoms with Gasteiger partial charge in [0.25, 0.3) is 0 Å². The zero-order valence-corrected chi connectivity index (χ0v) is 32.8. The lowest BCUT2D eigenvalue weighted by atomic mass is 9.43. The van der Waals surface area contributed by atoms with Crippen LogP contribution in [0.1, 0.15) is 36.1 Å². The Bertz CT molecular complexity index is 3240. The van der Waals surface area contributed by atoms with Gasteiger partial charge in [0.1, 0.15) is 0 Å². The predicted octanol–water partition coefficient (Wildman–Crippen LogP) is 12.5. The molecule has 0 N–H and O–H groups in total. The van der Waals surface area contributed by atoms with Gasteiger partial charge in [-0.25, -0.2) is 0 Å². The van der Waals surface area contributed by atoms with Crippen LogP contribution < -0.4 is 25.4 Å². The third kappa shape index (κ3) is 4.01. The fraction of sp³-hybridized carbons (Fsp3) is 0.0943. The molecule has 4 nitrogen and oxygen atoms in total. The highest BCUT2D eigenvalue weighted by Gasteiger charge is 2.47. The van der Waals surface area contributed by atoms with Gasteiger partial charge in [-0.2, -0.15) is 0 Å². The molecule has 0 saturated heterocycles. The molecule has 4 heterocycles. The minimum absolute atomic E-state index is 0.0690. The Morgan fingerprint density at radius 2 is 1.19 bits per heavy atom. The highest BCUT2D eigenvalue weighted by atomic mass is 16.5. The Morgan fingerprint density at radius 3 is 1.98 bits per heavy atom. The lowest BCUT2D eigenvalue weighted by Gasteiger charge is -2.43. The zero-order chi connectivity index (χ0) is 38.6. The van der Waals surface area contributed by atoms with Crippen molar-refractivity contribution in [2.45, 2.75) is 33.1 Å². The first-order valence-electron chi connectivity index (χ1n) is 20.4. The quantitative estimate of drug-likeness (QED) is 0.165. The van der Waals surface area contributed by atoms with Crippen molar-refractivity contribution in [3.63, 3.8) is 0 Å². The van der Waals surface area contributed by atoms with Gasteiger partial charge in [-0.1, -0.05) is 116 Å². The van der Waals surface area contributed by atoms with Crippen LogP contribution in [0.2, 0.25) is 0 Å². The fourth-order valence-electron chi connectivity index (χ4n) is 10.9. The standard InChI is InChI=1S/C53H38BN3O/c1-31-21-24-33(25-22-31)57-46-29-36-34-13-5-7-15-39(34)53(3,4)40(36)28-37(46)38-30-47(55-44-17-9-11-19-48(44)58-49-20-12-10-18-45(49)55)50-35-14-6-8-16-42(35)56-43-26-23-32(2)27-41(43)54(57)51(38)52(50)56/h5-30H,1-4H3. The molecule has 3 aliphatic heterocycles. The molecule has 1 aliphatic carbocycles. The van der Waals surface area contributed by atoms with Crippen LogP contribution in [0.15, 0.2) is 158 Å². The summed E-state index contributed by atoms with van der Waals surface area (Å²) in [7, 11) is 0. The third-order valence-electron chi connectivity index (χ3n) is 13.4. The summed E-state index contributed by atoms with van der Waals surface area (Å²) in [4.78, 5) is 5.11. The lowest BCUT2D eigenvalue weighted by Crippen LogP contribution is -2.60. The number of para-hydroxylation sites is 5. The summed E-state index contributed by atoms with van der Waals surface area (Å²) < 4.78 is 9.18. The van der Waals surface area contributed by atoms with Crippen molar-refractivity contribution in [1.82, 2.24) is 4.57 Å². The zero-order valence-electron chi connectivity index (χ0n) is 32.8. The molecule has 9 aromatic rings. The Hall–Kier alpha value is -6.98. The molecular formula is C53H38BN3O. The van der Waals surface area contributed by atoms with E-state index in [2.05, 4.69) is 200 Å². The van der Waals surface area contributed by atoms with Crippen molar-refractivity contribution in [1.29, 1.82) is 0 Å². The van der Waals surface area contributed by atoms with E-state index < -0.39 is 0 Å². The second-order valence-corrected chi connectivity index (χ2v) is 17.1. The highest BCUT2D eigenvalue weighted by molar-refractivity contribution is 6.93. The minimum atomic E-state index is -0.155. The van der Waals surface area contributed by atoms with Crippen molar-refractivity contribution in [2.75, 3.05) is 9.71 Å². The molecule has 8 aromatic carbocycles. The van der Waals surface area contributed by atoms with Gasteiger partial charge >= 0.3 is 6.85 Å². The van der Waals surface area contributed by atoms with Crippen LogP contribution in [0.4, 0.5) is 28.4 Å². The van der Waals surface area contributed by atoms with E-state index in [1.807, 2.05) is 0 Å². The van der Waals surface area contributed by atoms with Gasteiger partial charge < -0.3 is 19.0 Å². The molecule has 1 aromatic heterocycles. The second-order valence-electron chi connectivity index (χ2n) is 17.1. The maximum Gasteiger partial charge on any atom is 0.333 e. The molecule has 0 amide bonds. The van der Waals surface area contributed by atoms with Crippen LogP contribution in [0.3, 0.4) is 0 Å². The number of hydrogen-bond donors (Lipinski definition) is 0. The molecule has 58 heavy (non-hydrogen) atoms. The van der Waals surface area contributed by atoms with Crippen molar-refractivity contribution >= 4 is 68.0 Å². The van der Waals surface area contributed by atoms with Crippen LogP contribution in [0.5, 0.6) is 11.5 Å². The molecule has 0 atom stereocenters. The van der Waals surface area contributed by atoms with E-state index in [9.17, 15) is 0 Å². The lowest BCUT2D eigenvalue weighted by molar-refractivity contribution is 0.477. The van der Waals surface area contributed by atoms with Crippen molar-refractivity contribution < 1.29 is 4.74 Å². The topological polar surface area (TPSA) is 20.6 Å². The average Bonchev–Trinajstić information content (AvgIpc) is 3.71. The number of rotatable bonds is 2. The van der Waals surface area contributed by atoms with Crippen molar-refractivity contribution in [3.05, 3.63) is 180 Å². The molecule has 274 valence electrons. The van der Waals surface area contributed by atoms with Gasteiger partial charge in [0.2, 0.25) is 0 Å². The van der Waals surface area contributed by atoms with Crippen molar-refractivity contribution in [2.24, 2.45) is 0 Å². The molecule has 0 unspecified atom stereocenters. The van der Waals surface area contributed by atoms with Gasteiger partial charge in [-0.3, -0.25) is 0 Å². The Kier molecular flexibility index (Phi) is 6.16. The van der Waals surface area contributed by atoms with Crippen LogP contribution in [-0.2, 0) is 5.41 Å². The van der Waals surface area contributed by atoms with E-state index in [1.165, 1.54) is 94.3 Å². The summed E-state index contributed by atoms with van der Waals surface area (Å²) >= 11 is 0. The smallest absolute Gasteiger partial charge is 0.333 e. The molecular weight excluding hydrogens is 705 g/mol. The molecule has 0 radical (unpaired) electrons. The number of anilines is 5. The molecule has 0 spiro atoms. The predicted molar refractivity (Wildman–Crippen MR) is 242 cm³/mol. The third-order valence-corrected chi connectivity index (χ3v) is 13.4. The maximum absolute atomic E-state index is 6.61. The normalized spacial score (nSPS) is 14.7. The first kappa shape index (κ1) is 32.1. The van der Waals surface area contributed by atoms with Gasteiger partial charge in [-0.05, 0) is 119 Å². The van der Waals surface area contributed by atoms with E-state index >= 15 is 0 Å². The van der Waals surface area contributed by atoms with E-state index in [-0.39, 0.29) is 12.3 Å². The summed E-state index contributed by atoms with van der Waals surface area (Å²) in [6.45, 7) is 9.13. The van der Waals surface area contributed by atoms with Gasteiger partial charge in [0.15, 0.2) is 11.5 Å². The van der Waals surface area contributed by atoms with E-state index in [1.54, 1.807) is 0 Å². The summed E-state index contributed by atoms with van der Waals surface area (Å²) in [5.74, 6) is 1.70. The number of benzene rings is 8. The fourth-order valence-corrected chi connectivity index (χ4v) is 10.9. The summed E-state index contributed by atoms with van der Waals surface area (Å²) in [6, 6.07) is 58.8. The number of fused-ring (bicyclic) bond motifs is 13. The SMILES string of the molecule is Cc1ccc(N2B3c4cc(C)ccc4-n4c5ccccc5c5c(N6c7ccccc7Oc7ccccc76)cc(c3c54)-c3cc4c(cc32)-c2ccccc2C4(C)C)cc1. The minimum Gasteiger partial charge on any atom is -0.453 e. The summed E-state index contributed by atoms with van der Waals surface area (Å²) in [5.41, 5.74) is 22.3. The van der Waals surface area contributed by atoms with E-state index in [4.69, 9.17) is 4.74 Å².